The van der Waals surface area contributed by atoms with Gasteiger partial charge in [-0.05, 0) is 50.1 Å². The number of hydrogen-bond acceptors (Lipinski definition) is 4. The van der Waals surface area contributed by atoms with Gasteiger partial charge >= 0.3 is 0 Å². The van der Waals surface area contributed by atoms with E-state index in [1.165, 1.54) is 18.3 Å². The van der Waals surface area contributed by atoms with Crippen molar-refractivity contribution in [2.45, 2.75) is 0 Å². The van der Waals surface area contributed by atoms with Crippen LogP contribution in [0.3, 0.4) is 0 Å². The van der Waals surface area contributed by atoms with Gasteiger partial charge in [-0.2, -0.15) is 0 Å². The molecule has 19 heavy (non-hydrogen) atoms. The van der Waals surface area contributed by atoms with Gasteiger partial charge in [0.25, 0.3) is 5.91 Å². The number of nitrogens with two attached hydrogens (primary N) is 1. The van der Waals surface area contributed by atoms with Crippen molar-refractivity contribution < 1.29 is 9.18 Å². The molecule has 0 spiro atoms. The molecule has 8 heteroatoms. The van der Waals surface area contributed by atoms with E-state index in [-0.39, 0.29) is 17.1 Å². The van der Waals surface area contributed by atoms with E-state index in [2.05, 4.69) is 47.1 Å². The summed E-state index contributed by atoms with van der Waals surface area (Å²) in [7, 11) is 0. The molecule has 5 nitrogen and oxygen atoms in total. The number of carbonyl (C=O) groups excluding carboxylic acids is 1. The van der Waals surface area contributed by atoms with Gasteiger partial charge in [-0.1, -0.05) is 0 Å². The van der Waals surface area contributed by atoms with Crippen LogP contribution in [-0.2, 0) is 0 Å². The molecule has 2 rings (SSSR count). The maximum atomic E-state index is 13.6. The Balaban J connectivity index is 2.25. The quantitative estimate of drug-likeness (QED) is 0.773. The first-order valence-corrected chi connectivity index (χ1v) is 6.60. The van der Waals surface area contributed by atoms with Gasteiger partial charge in [-0.15, -0.1) is 0 Å². The largest absolute Gasteiger partial charge is 0.399 e. The van der Waals surface area contributed by atoms with Crippen molar-refractivity contribution in [1.82, 2.24) is 9.97 Å². The molecule has 0 saturated carbocycles. The van der Waals surface area contributed by atoms with Crippen LogP contribution in [0.15, 0.2) is 33.6 Å². The third kappa shape index (κ3) is 3.27. The van der Waals surface area contributed by atoms with Gasteiger partial charge in [-0.25, -0.2) is 14.4 Å². The molecule has 1 amide bonds. The number of carbonyl (C=O) groups is 1. The molecule has 0 radical (unpaired) electrons. The number of nitrogens with zero attached hydrogens (tertiary/aromatic N) is 2. The first kappa shape index (κ1) is 13.9. The molecular formula is C11H7Br2FN4O. The molecule has 1 heterocycles. The Morgan fingerprint density at radius 2 is 2.11 bits per heavy atom. The Bertz CT molecular complexity index is 651. The van der Waals surface area contributed by atoms with Crippen LogP contribution in [0.1, 0.15) is 10.4 Å². The fourth-order valence-electron chi connectivity index (χ4n) is 1.32. The second kappa shape index (κ2) is 5.62. The highest BCUT2D eigenvalue weighted by atomic mass is 79.9. The number of amides is 1. The summed E-state index contributed by atoms with van der Waals surface area (Å²) < 4.78 is 14.4. The summed E-state index contributed by atoms with van der Waals surface area (Å²) in [6.07, 6.45) is 1.42. The molecule has 0 atom stereocenters. The summed E-state index contributed by atoms with van der Waals surface area (Å²) >= 11 is 6.28. The van der Waals surface area contributed by atoms with Crippen molar-refractivity contribution in [3.8, 4) is 0 Å². The van der Waals surface area contributed by atoms with Crippen molar-refractivity contribution in [2.24, 2.45) is 0 Å². The topological polar surface area (TPSA) is 80.9 Å². The van der Waals surface area contributed by atoms with Crippen LogP contribution in [0.5, 0.6) is 0 Å². The third-order valence-corrected chi connectivity index (χ3v) is 3.11. The van der Waals surface area contributed by atoms with Crippen molar-refractivity contribution in [2.75, 3.05) is 11.1 Å². The predicted octanol–water partition coefficient (Wildman–Crippen LogP) is 2.98. The van der Waals surface area contributed by atoms with E-state index in [1.54, 1.807) is 0 Å². The van der Waals surface area contributed by atoms with Crippen LogP contribution in [-0.4, -0.2) is 15.9 Å². The number of nitrogens with one attached hydrogen (secondary N) is 1. The average molecular weight is 390 g/mol. The minimum atomic E-state index is -0.696. The van der Waals surface area contributed by atoms with E-state index in [1.807, 2.05) is 0 Å². The van der Waals surface area contributed by atoms with E-state index in [0.717, 1.165) is 6.07 Å². The van der Waals surface area contributed by atoms with Crippen LogP contribution in [0, 0.1) is 5.82 Å². The molecule has 3 N–H and O–H groups in total. The lowest BCUT2D eigenvalue weighted by atomic mass is 10.2. The minimum absolute atomic E-state index is 0.120. The first-order chi connectivity index (χ1) is 8.97. The zero-order valence-corrected chi connectivity index (χ0v) is 12.5. The summed E-state index contributed by atoms with van der Waals surface area (Å²) in [6, 6.07) is 3.83. The standard InChI is InChI=1S/C11H7Br2FN4O/c12-8-4-16-10(9(13)17-8)18-11(19)6-2-1-5(15)3-7(6)14/h1-4H,15H2,(H,16,18,19). The highest BCUT2D eigenvalue weighted by molar-refractivity contribution is 9.11. The molecule has 1 aromatic carbocycles. The first-order valence-electron chi connectivity index (χ1n) is 5.02. The Morgan fingerprint density at radius 3 is 2.74 bits per heavy atom. The third-order valence-electron chi connectivity index (χ3n) is 2.17. The lowest BCUT2D eigenvalue weighted by molar-refractivity contribution is 0.102. The number of aromatic nitrogens is 2. The number of nitrogen functional groups attached to an aromatic ring is 1. The fraction of sp³-hybridized carbons (Fsp3) is 0. The van der Waals surface area contributed by atoms with Crippen molar-refractivity contribution in [1.29, 1.82) is 0 Å². The van der Waals surface area contributed by atoms with Crippen LogP contribution in [0.25, 0.3) is 0 Å². The molecule has 0 aliphatic carbocycles. The molecule has 98 valence electrons. The lowest BCUT2D eigenvalue weighted by Gasteiger charge is -2.07. The van der Waals surface area contributed by atoms with Crippen LogP contribution in [0.2, 0.25) is 0 Å². The SMILES string of the molecule is Nc1ccc(C(=O)Nc2ncc(Br)nc2Br)c(F)c1. The molecule has 0 aliphatic rings. The summed E-state index contributed by atoms with van der Waals surface area (Å²) in [5.74, 6) is -1.13. The second-order valence-electron chi connectivity index (χ2n) is 3.53. The lowest BCUT2D eigenvalue weighted by Crippen LogP contribution is -2.15. The molecular weight excluding hydrogens is 383 g/mol. The zero-order chi connectivity index (χ0) is 14.0. The number of hydrogen-bond donors (Lipinski definition) is 2. The van der Waals surface area contributed by atoms with Crippen molar-refractivity contribution in [3.63, 3.8) is 0 Å². The fourth-order valence-corrected chi connectivity index (χ4v) is 2.23. The summed E-state index contributed by atoms with van der Waals surface area (Å²) in [5, 5.41) is 2.45. The molecule has 2 aromatic rings. The van der Waals surface area contributed by atoms with Gasteiger partial charge in [0.15, 0.2) is 5.82 Å². The van der Waals surface area contributed by atoms with E-state index in [4.69, 9.17) is 5.73 Å². The number of benzene rings is 1. The molecule has 0 saturated heterocycles. The van der Waals surface area contributed by atoms with Crippen molar-refractivity contribution in [3.05, 3.63) is 45.0 Å². The maximum absolute atomic E-state index is 13.6. The van der Waals surface area contributed by atoms with E-state index < -0.39 is 11.7 Å². The summed E-state index contributed by atoms with van der Waals surface area (Å²) in [6.45, 7) is 0. The van der Waals surface area contributed by atoms with Gasteiger partial charge in [0, 0.05) is 5.69 Å². The average Bonchev–Trinajstić information content (AvgIpc) is 2.32. The highest BCUT2D eigenvalue weighted by Crippen LogP contribution is 2.21. The molecule has 0 bridgehead atoms. The predicted molar refractivity (Wildman–Crippen MR) is 76.2 cm³/mol. The molecule has 0 fully saturated rings. The Kier molecular flexibility index (Phi) is 4.11. The van der Waals surface area contributed by atoms with Crippen LogP contribution < -0.4 is 11.1 Å². The smallest absolute Gasteiger partial charge is 0.259 e. The molecule has 1 aromatic heterocycles. The zero-order valence-electron chi connectivity index (χ0n) is 9.32. The van der Waals surface area contributed by atoms with E-state index in [0.29, 0.717) is 9.21 Å². The number of rotatable bonds is 2. The number of anilines is 2. The molecule has 0 unspecified atom stereocenters. The van der Waals surface area contributed by atoms with E-state index in [9.17, 15) is 9.18 Å². The minimum Gasteiger partial charge on any atom is -0.399 e. The van der Waals surface area contributed by atoms with Gasteiger partial charge in [0.2, 0.25) is 0 Å². The maximum Gasteiger partial charge on any atom is 0.259 e. The van der Waals surface area contributed by atoms with Gasteiger partial charge in [-0.3, -0.25) is 4.79 Å². The Labute approximate surface area is 124 Å². The van der Waals surface area contributed by atoms with Gasteiger partial charge in [0.05, 0.1) is 11.8 Å². The van der Waals surface area contributed by atoms with Crippen LogP contribution in [0.4, 0.5) is 15.9 Å². The van der Waals surface area contributed by atoms with E-state index >= 15 is 0 Å². The van der Waals surface area contributed by atoms with Gasteiger partial charge < -0.3 is 11.1 Å². The van der Waals surface area contributed by atoms with Crippen molar-refractivity contribution >= 4 is 49.3 Å². The normalized spacial score (nSPS) is 10.3. The Morgan fingerprint density at radius 1 is 1.37 bits per heavy atom. The van der Waals surface area contributed by atoms with Crippen LogP contribution >= 0.6 is 31.9 Å². The highest BCUT2D eigenvalue weighted by Gasteiger charge is 2.14. The monoisotopic (exact) mass is 388 g/mol. The summed E-state index contributed by atoms with van der Waals surface area (Å²) in [5.41, 5.74) is 5.54. The second-order valence-corrected chi connectivity index (χ2v) is 5.09. The summed E-state index contributed by atoms with van der Waals surface area (Å²) in [4.78, 5) is 19.8. The molecule has 0 aliphatic heterocycles. The Hall–Kier alpha value is -1.54. The number of halogens is 3. The van der Waals surface area contributed by atoms with Gasteiger partial charge in [0.1, 0.15) is 15.0 Å².